The van der Waals surface area contributed by atoms with Crippen LogP contribution in [0.1, 0.15) is 24.8 Å². The molecule has 1 aromatic rings. The quantitative estimate of drug-likeness (QED) is 0.740. The van der Waals surface area contributed by atoms with Crippen molar-refractivity contribution in [3.05, 3.63) is 17.7 Å². The molecular weight excluding hydrogens is 358 g/mol. The van der Waals surface area contributed by atoms with E-state index in [1.54, 1.807) is 7.11 Å². The first-order valence-electron chi connectivity index (χ1n) is 10.2. The summed E-state index contributed by atoms with van der Waals surface area (Å²) < 4.78 is 16.5. The molecule has 2 atom stereocenters. The summed E-state index contributed by atoms with van der Waals surface area (Å²) in [5.41, 5.74) is 1.18. The van der Waals surface area contributed by atoms with Crippen LogP contribution in [-0.4, -0.2) is 80.8 Å². The number of carbonyl (C=O) groups excluding carboxylic acids is 1. The van der Waals surface area contributed by atoms with Gasteiger partial charge in [-0.3, -0.25) is 9.69 Å². The highest BCUT2D eigenvalue weighted by Crippen LogP contribution is 2.42. The summed E-state index contributed by atoms with van der Waals surface area (Å²) in [4.78, 5) is 19.3. The van der Waals surface area contributed by atoms with Gasteiger partial charge < -0.3 is 24.0 Å². The van der Waals surface area contributed by atoms with Gasteiger partial charge in [-0.05, 0) is 50.6 Å². The van der Waals surface area contributed by atoms with E-state index in [0.717, 1.165) is 57.1 Å². The summed E-state index contributed by atoms with van der Waals surface area (Å²) in [5, 5.41) is 0. The lowest BCUT2D eigenvalue weighted by molar-refractivity contribution is -0.141. The van der Waals surface area contributed by atoms with Gasteiger partial charge in [0, 0.05) is 45.2 Å². The number of amides is 1. The third kappa shape index (κ3) is 3.91. The largest absolute Gasteiger partial charge is 0.493 e. The minimum atomic E-state index is 0.249. The minimum Gasteiger partial charge on any atom is -0.493 e. The number of piperidine rings is 2. The summed E-state index contributed by atoms with van der Waals surface area (Å²) in [6, 6.07) is 4.50. The van der Waals surface area contributed by atoms with Crippen LogP contribution in [0.3, 0.4) is 0 Å². The lowest BCUT2D eigenvalue weighted by Gasteiger charge is -2.47. The third-order valence-corrected chi connectivity index (χ3v) is 6.14. The van der Waals surface area contributed by atoms with Crippen LogP contribution >= 0.6 is 0 Å². The molecule has 0 radical (unpaired) electrons. The van der Waals surface area contributed by atoms with Crippen molar-refractivity contribution in [1.29, 1.82) is 0 Å². The number of nitrogens with zero attached hydrogens (tertiary/aromatic N) is 3. The Balaban J connectivity index is 1.41. The van der Waals surface area contributed by atoms with E-state index in [4.69, 9.17) is 14.2 Å². The fourth-order valence-corrected chi connectivity index (χ4v) is 4.70. The van der Waals surface area contributed by atoms with E-state index in [0.29, 0.717) is 30.0 Å². The second-order valence-corrected chi connectivity index (χ2v) is 8.31. The second kappa shape index (κ2) is 8.17. The smallest absolute Gasteiger partial charge is 0.231 e. The average molecular weight is 389 g/mol. The van der Waals surface area contributed by atoms with Crippen LogP contribution in [0.2, 0.25) is 0 Å². The van der Waals surface area contributed by atoms with Crippen molar-refractivity contribution < 1.29 is 19.0 Å². The molecule has 3 aliphatic rings. The summed E-state index contributed by atoms with van der Waals surface area (Å²) in [6.07, 6.45) is 2.73. The van der Waals surface area contributed by atoms with Gasteiger partial charge in [0.05, 0.1) is 7.11 Å². The number of hydrogen-bond donors (Lipinski definition) is 0. The van der Waals surface area contributed by atoms with Crippen molar-refractivity contribution in [1.82, 2.24) is 14.7 Å². The number of likely N-dealkylation sites (N-methyl/N-ethyl adjacent to an activating group) is 1. The number of methoxy groups -OCH3 is 1. The number of carbonyl (C=O) groups is 1. The number of benzene rings is 1. The fraction of sp³-hybridized carbons (Fsp3) is 0.667. The van der Waals surface area contributed by atoms with Crippen LogP contribution in [0, 0.1) is 5.92 Å². The highest BCUT2D eigenvalue weighted by atomic mass is 16.7. The molecule has 0 saturated carbocycles. The topological polar surface area (TPSA) is 54.5 Å². The maximum Gasteiger partial charge on any atom is 0.231 e. The first kappa shape index (κ1) is 19.3. The Morgan fingerprint density at radius 1 is 1.25 bits per heavy atom. The molecule has 3 aliphatic heterocycles. The molecule has 0 spiro atoms. The lowest BCUT2D eigenvalue weighted by atomic mass is 9.83. The molecule has 4 rings (SSSR count). The number of ether oxygens (including phenoxy) is 3. The Kier molecular flexibility index (Phi) is 5.64. The van der Waals surface area contributed by atoms with Crippen molar-refractivity contribution in [3.8, 4) is 17.2 Å². The molecule has 154 valence electrons. The van der Waals surface area contributed by atoms with Crippen LogP contribution < -0.4 is 14.2 Å². The van der Waals surface area contributed by atoms with E-state index in [9.17, 15) is 4.79 Å². The predicted octanol–water partition coefficient (Wildman–Crippen LogP) is 1.80. The monoisotopic (exact) mass is 389 g/mol. The van der Waals surface area contributed by atoms with E-state index >= 15 is 0 Å². The van der Waals surface area contributed by atoms with Gasteiger partial charge in [0.15, 0.2) is 11.5 Å². The Morgan fingerprint density at radius 2 is 2.11 bits per heavy atom. The standard InChI is InChI=1S/C21H31N3O4/c1-22(2)8-9-24-17-6-7-23(13-16(17)4-5-20(24)25)12-15-10-18(26-3)21-19(11-15)27-14-28-21/h10-11,16-17H,4-9,12-14H2,1-3H3/t16-,17+/m1/s1. The van der Waals surface area contributed by atoms with Crippen LogP contribution in [0.15, 0.2) is 12.1 Å². The van der Waals surface area contributed by atoms with Gasteiger partial charge in [0.25, 0.3) is 0 Å². The summed E-state index contributed by atoms with van der Waals surface area (Å²) in [5.74, 6) is 3.09. The molecule has 3 heterocycles. The molecule has 0 bridgehead atoms. The van der Waals surface area contributed by atoms with E-state index in [1.807, 2.05) is 6.07 Å². The first-order valence-corrected chi connectivity index (χ1v) is 10.2. The van der Waals surface area contributed by atoms with Crippen molar-refractivity contribution >= 4 is 5.91 Å². The zero-order chi connectivity index (χ0) is 19.7. The summed E-state index contributed by atoms with van der Waals surface area (Å²) in [7, 11) is 5.79. The van der Waals surface area contributed by atoms with Crippen molar-refractivity contribution in [3.63, 3.8) is 0 Å². The van der Waals surface area contributed by atoms with Crippen molar-refractivity contribution in [2.24, 2.45) is 5.92 Å². The highest BCUT2D eigenvalue weighted by Gasteiger charge is 2.39. The third-order valence-electron chi connectivity index (χ3n) is 6.14. The van der Waals surface area contributed by atoms with Crippen molar-refractivity contribution in [2.75, 3.05) is 54.2 Å². The SMILES string of the molecule is COc1cc(CN2CC[C@H]3[C@H](CCC(=O)N3CCN(C)C)C2)cc2c1OCO2. The molecule has 7 nitrogen and oxygen atoms in total. The Morgan fingerprint density at radius 3 is 2.89 bits per heavy atom. The number of fused-ring (bicyclic) bond motifs is 2. The molecule has 2 fully saturated rings. The molecule has 1 aromatic carbocycles. The van der Waals surface area contributed by atoms with Crippen LogP contribution in [0.4, 0.5) is 0 Å². The van der Waals surface area contributed by atoms with Gasteiger partial charge in [-0.1, -0.05) is 0 Å². The maximum atomic E-state index is 12.5. The second-order valence-electron chi connectivity index (χ2n) is 8.31. The molecule has 28 heavy (non-hydrogen) atoms. The molecule has 0 N–H and O–H groups in total. The molecule has 0 aliphatic carbocycles. The Hall–Kier alpha value is -1.99. The molecule has 1 amide bonds. The maximum absolute atomic E-state index is 12.5. The first-order chi connectivity index (χ1) is 13.5. The van der Waals surface area contributed by atoms with Crippen LogP contribution in [0.5, 0.6) is 17.2 Å². The van der Waals surface area contributed by atoms with E-state index < -0.39 is 0 Å². The van der Waals surface area contributed by atoms with Gasteiger partial charge >= 0.3 is 0 Å². The normalized spacial score (nSPS) is 24.6. The molecule has 0 aromatic heterocycles. The van der Waals surface area contributed by atoms with Gasteiger partial charge in [-0.25, -0.2) is 0 Å². The zero-order valence-corrected chi connectivity index (χ0v) is 17.1. The lowest BCUT2D eigenvalue weighted by Crippen LogP contribution is -2.56. The van der Waals surface area contributed by atoms with E-state index in [2.05, 4.69) is 34.9 Å². The van der Waals surface area contributed by atoms with Crippen LogP contribution in [-0.2, 0) is 11.3 Å². The van der Waals surface area contributed by atoms with Gasteiger partial charge in [0.1, 0.15) is 0 Å². The summed E-state index contributed by atoms with van der Waals surface area (Å²) >= 11 is 0. The zero-order valence-electron chi connectivity index (χ0n) is 17.1. The van der Waals surface area contributed by atoms with Crippen molar-refractivity contribution in [2.45, 2.75) is 31.8 Å². The molecule has 0 unspecified atom stereocenters. The van der Waals surface area contributed by atoms with Gasteiger partial charge in [0.2, 0.25) is 18.4 Å². The molecule has 2 saturated heterocycles. The van der Waals surface area contributed by atoms with E-state index in [-0.39, 0.29) is 6.79 Å². The highest BCUT2D eigenvalue weighted by molar-refractivity contribution is 5.77. The van der Waals surface area contributed by atoms with Gasteiger partial charge in [-0.2, -0.15) is 0 Å². The minimum absolute atomic E-state index is 0.249. The Bertz CT molecular complexity index is 724. The number of rotatable bonds is 6. The summed E-state index contributed by atoms with van der Waals surface area (Å²) in [6.45, 7) is 4.92. The number of likely N-dealkylation sites (tertiary alicyclic amines) is 2. The number of hydrogen-bond acceptors (Lipinski definition) is 6. The molecular formula is C21H31N3O4. The Labute approximate surface area is 167 Å². The van der Waals surface area contributed by atoms with E-state index in [1.165, 1.54) is 5.56 Å². The molecule has 7 heteroatoms. The average Bonchev–Trinajstić information content (AvgIpc) is 3.15. The fourth-order valence-electron chi connectivity index (χ4n) is 4.70. The van der Waals surface area contributed by atoms with Crippen LogP contribution in [0.25, 0.3) is 0 Å². The van der Waals surface area contributed by atoms with Gasteiger partial charge in [-0.15, -0.1) is 0 Å². The predicted molar refractivity (Wildman–Crippen MR) is 106 cm³/mol.